The van der Waals surface area contributed by atoms with Crippen molar-refractivity contribution in [2.45, 2.75) is 26.4 Å². The number of carbonyl (C=O) groups excluding carboxylic acids is 1. The Hall–Kier alpha value is -3.29. The summed E-state index contributed by atoms with van der Waals surface area (Å²) in [7, 11) is -0.140. The molecule has 0 aliphatic carbocycles. The Balaban J connectivity index is 1.56. The summed E-state index contributed by atoms with van der Waals surface area (Å²) in [4.78, 5) is 13.3. The van der Waals surface area contributed by atoms with Gasteiger partial charge in [-0.05, 0) is 57.2 Å². The third kappa shape index (κ3) is 4.03. The molecule has 0 amide bonds. The number of rotatable bonds is 5. The monoisotopic (exact) mass is 415 g/mol. The van der Waals surface area contributed by atoms with Gasteiger partial charge >= 0.3 is 5.97 Å². The van der Waals surface area contributed by atoms with Crippen LogP contribution in [0.5, 0.6) is 5.75 Å². The molecule has 0 saturated heterocycles. The first kappa shape index (κ1) is 20.0. The molecule has 150 valence electrons. The maximum Gasteiger partial charge on any atom is 0.345 e. The largest absolute Gasteiger partial charge is 0.482 e. The summed E-state index contributed by atoms with van der Waals surface area (Å²) in [6.45, 7) is 5.09. The molecule has 0 unspecified atom stereocenters. The first-order valence-corrected chi connectivity index (χ1v) is 11.0. The molecule has 0 aliphatic rings. The molecule has 0 spiro atoms. The highest BCUT2D eigenvalue weighted by atomic mass is 32.2. The summed E-state index contributed by atoms with van der Waals surface area (Å²) in [6, 6.07) is 25.1. The fourth-order valence-corrected chi connectivity index (χ4v) is 5.94. The first-order valence-electron chi connectivity index (χ1n) is 9.80. The van der Waals surface area contributed by atoms with E-state index in [9.17, 15) is 4.79 Å². The van der Waals surface area contributed by atoms with Crippen LogP contribution in [-0.4, -0.2) is 18.2 Å². The van der Waals surface area contributed by atoms with E-state index in [2.05, 4.69) is 72.5 Å². The topological polar surface area (TPSA) is 35.5 Å². The lowest BCUT2D eigenvalue weighted by atomic mass is 10.1. The maximum atomic E-state index is 12.0. The molecule has 3 nitrogen and oxygen atoms in total. The Kier molecular flexibility index (Phi) is 5.48. The van der Waals surface area contributed by atoms with E-state index in [4.69, 9.17) is 9.47 Å². The standard InChI is InChI=1S/C26H23O3S/c1-4-17-26(2,3)29-25(27)18-28-19-13-15-20(16-14-19)30-23-11-7-5-9-21(23)22-10-6-8-12-24(22)30/h5-16H,18H2,1-3H3/q+1. The molecule has 1 aromatic heterocycles. The van der Waals surface area contributed by atoms with Crippen LogP contribution in [0.1, 0.15) is 20.8 Å². The average Bonchev–Trinajstić information content (AvgIpc) is 3.07. The number of thiophene rings is 1. The zero-order valence-corrected chi connectivity index (χ0v) is 18.1. The molecule has 1 heterocycles. The van der Waals surface area contributed by atoms with Crippen LogP contribution in [-0.2, 0) is 9.53 Å². The van der Waals surface area contributed by atoms with Crippen molar-refractivity contribution in [1.29, 1.82) is 0 Å². The number of esters is 1. The van der Waals surface area contributed by atoms with Gasteiger partial charge in [0.15, 0.2) is 26.5 Å². The van der Waals surface area contributed by atoms with Gasteiger partial charge in [0.25, 0.3) is 0 Å². The Morgan fingerprint density at radius 3 is 2.03 bits per heavy atom. The van der Waals surface area contributed by atoms with Gasteiger partial charge in [0.05, 0.1) is 0 Å². The van der Waals surface area contributed by atoms with Crippen LogP contribution in [0.4, 0.5) is 0 Å². The summed E-state index contributed by atoms with van der Waals surface area (Å²) in [5.74, 6) is 5.83. The lowest BCUT2D eigenvalue weighted by Crippen LogP contribution is -2.29. The van der Waals surface area contributed by atoms with Crippen LogP contribution in [0.3, 0.4) is 0 Å². The minimum Gasteiger partial charge on any atom is -0.482 e. The molecule has 0 aliphatic heterocycles. The van der Waals surface area contributed by atoms with E-state index in [-0.39, 0.29) is 17.1 Å². The Bertz CT molecular complexity index is 1220. The Morgan fingerprint density at radius 1 is 0.900 bits per heavy atom. The summed E-state index contributed by atoms with van der Waals surface area (Å²) in [5, 5.41) is 2.61. The summed E-state index contributed by atoms with van der Waals surface area (Å²) in [6.07, 6.45) is 0. The number of benzene rings is 3. The lowest BCUT2D eigenvalue weighted by Gasteiger charge is -2.18. The highest BCUT2D eigenvalue weighted by Crippen LogP contribution is 2.48. The number of ether oxygens (including phenoxy) is 2. The fraction of sp³-hybridized carbons (Fsp3) is 0.192. The molecule has 30 heavy (non-hydrogen) atoms. The van der Waals surface area contributed by atoms with E-state index >= 15 is 0 Å². The summed E-state index contributed by atoms with van der Waals surface area (Å²) >= 11 is 0. The molecule has 0 N–H and O–H groups in total. The van der Waals surface area contributed by atoms with Crippen LogP contribution in [0.25, 0.3) is 25.1 Å². The van der Waals surface area contributed by atoms with Crippen LogP contribution >= 0.6 is 10.5 Å². The van der Waals surface area contributed by atoms with Crippen molar-refractivity contribution in [2.75, 3.05) is 6.61 Å². The Labute approximate surface area is 179 Å². The van der Waals surface area contributed by atoms with E-state index in [0.29, 0.717) is 5.75 Å². The zero-order valence-electron chi connectivity index (χ0n) is 17.3. The van der Waals surface area contributed by atoms with Gasteiger partial charge in [-0.15, -0.1) is 5.92 Å². The smallest absolute Gasteiger partial charge is 0.345 e. The van der Waals surface area contributed by atoms with Gasteiger partial charge in [0.1, 0.15) is 5.75 Å². The van der Waals surface area contributed by atoms with Gasteiger partial charge in [-0.3, -0.25) is 0 Å². The van der Waals surface area contributed by atoms with Crippen LogP contribution < -0.4 is 4.74 Å². The average molecular weight is 416 g/mol. The zero-order chi connectivity index (χ0) is 21.1. The molecule has 3 aromatic carbocycles. The number of hydrogen-bond donors (Lipinski definition) is 0. The van der Waals surface area contributed by atoms with Crippen LogP contribution in [0.2, 0.25) is 0 Å². The van der Waals surface area contributed by atoms with Gasteiger partial charge < -0.3 is 9.47 Å². The second-order valence-corrected chi connectivity index (χ2v) is 9.38. The highest BCUT2D eigenvalue weighted by molar-refractivity contribution is 7.50. The third-order valence-electron chi connectivity index (χ3n) is 4.72. The third-order valence-corrected chi connectivity index (χ3v) is 7.05. The Morgan fingerprint density at radius 2 is 1.47 bits per heavy atom. The van der Waals surface area contributed by atoms with E-state index in [0.717, 1.165) is 0 Å². The molecule has 0 fully saturated rings. The minimum atomic E-state index is -0.816. The molecule has 0 saturated carbocycles. The van der Waals surface area contributed by atoms with Crippen molar-refractivity contribution in [3.05, 3.63) is 72.8 Å². The van der Waals surface area contributed by atoms with Gasteiger partial charge in [0, 0.05) is 33.4 Å². The van der Waals surface area contributed by atoms with Gasteiger partial charge in [-0.25, -0.2) is 4.79 Å². The van der Waals surface area contributed by atoms with Crippen LogP contribution in [0.15, 0.2) is 72.8 Å². The number of hydrogen-bond acceptors (Lipinski definition) is 3. The second kappa shape index (κ2) is 8.22. The lowest BCUT2D eigenvalue weighted by molar-refractivity contribution is -0.154. The summed E-state index contributed by atoms with van der Waals surface area (Å²) in [5.41, 5.74) is -0.816. The van der Waals surface area contributed by atoms with Crippen LogP contribution in [0, 0.1) is 11.8 Å². The van der Waals surface area contributed by atoms with Crippen molar-refractivity contribution >= 4 is 36.6 Å². The molecule has 4 heteroatoms. The molecule has 0 atom stereocenters. The molecule has 0 bridgehead atoms. The quantitative estimate of drug-likeness (QED) is 0.213. The number of fused-ring (bicyclic) bond motifs is 3. The van der Waals surface area contributed by atoms with Crippen molar-refractivity contribution in [1.82, 2.24) is 0 Å². The van der Waals surface area contributed by atoms with Crippen molar-refractivity contribution in [3.63, 3.8) is 0 Å². The molecular formula is C26H23O3S+. The molecular weight excluding hydrogens is 392 g/mol. The summed E-state index contributed by atoms with van der Waals surface area (Å²) < 4.78 is 13.7. The number of carbonyl (C=O) groups is 1. The predicted molar refractivity (Wildman–Crippen MR) is 124 cm³/mol. The fourth-order valence-electron chi connectivity index (χ4n) is 3.56. The van der Waals surface area contributed by atoms with Crippen molar-refractivity contribution in [3.8, 4) is 22.5 Å². The van der Waals surface area contributed by atoms with E-state index < -0.39 is 11.6 Å². The highest BCUT2D eigenvalue weighted by Gasteiger charge is 2.23. The molecule has 0 radical (unpaired) electrons. The predicted octanol–water partition coefficient (Wildman–Crippen LogP) is 6.46. The first-order chi connectivity index (χ1) is 14.5. The second-order valence-electron chi connectivity index (χ2n) is 7.42. The van der Waals surface area contributed by atoms with Gasteiger partial charge in [-0.1, -0.05) is 30.2 Å². The molecule has 4 aromatic rings. The van der Waals surface area contributed by atoms with Gasteiger partial charge in [0.2, 0.25) is 0 Å². The van der Waals surface area contributed by atoms with E-state index in [1.807, 2.05) is 12.1 Å². The van der Waals surface area contributed by atoms with Gasteiger partial charge in [-0.2, -0.15) is 0 Å². The normalized spacial score (nSPS) is 11.2. The minimum absolute atomic E-state index is 0.140. The SMILES string of the molecule is CC#CC(C)(C)OC(=O)COc1ccc(-[s+]2c3ccccc3c3ccccc32)cc1. The van der Waals surface area contributed by atoms with E-state index in [1.54, 1.807) is 20.8 Å². The maximum absolute atomic E-state index is 12.0. The van der Waals surface area contributed by atoms with Crippen molar-refractivity contribution < 1.29 is 14.3 Å². The van der Waals surface area contributed by atoms with Crippen molar-refractivity contribution in [2.24, 2.45) is 0 Å². The van der Waals surface area contributed by atoms with E-state index in [1.165, 1.54) is 25.1 Å². The molecule has 4 rings (SSSR count).